The summed E-state index contributed by atoms with van der Waals surface area (Å²) in [7, 11) is 0. The number of nitrogens with zero attached hydrogens (tertiary/aromatic N) is 2. The molecule has 0 saturated carbocycles. The van der Waals surface area contributed by atoms with Crippen molar-refractivity contribution in [1.29, 1.82) is 0 Å². The van der Waals surface area contributed by atoms with Gasteiger partial charge >= 0.3 is 0 Å². The zero-order valence-corrected chi connectivity index (χ0v) is 34.0. The van der Waals surface area contributed by atoms with Gasteiger partial charge in [0.15, 0.2) is 5.82 Å². The van der Waals surface area contributed by atoms with Gasteiger partial charge in [-0.1, -0.05) is 202 Å². The molecule has 0 amide bonds. The molecule has 0 bridgehead atoms. The van der Waals surface area contributed by atoms with Gasteiger partial charge in [-0.3, -0.25) is 0 Å². The van der Waals surface area contributed by atoms with Crippen LogP contribution in [0.15, 0.2) is 208 Å². The summed E-state index contributed by atoms with van der Waals surface area (Å²) in [5.74, 6) is 0.697. The van der Waals surface area contributed by atoms with Crippen LogP contribution < -0.4 is 0 Å². The van der Waals surface area contributed by atoms with Gasteiger partial charge in [-0.2, -0.15) is 0 Å². The maximum absolute atomic E-state index is 6.42. The molecule has 284 valence electrons. The molecule has 10 aromatic rings. The first-order valence-electron chi connectivity index (χ1n) is 20.6. The summed E-state index contributed by atoms with van der Waals surface area (Å²) in [5.41, 5.74) is 16.1. The number of fused-ring (bicyclic) bond motifs is 11. The summed E-state index contributed by atoms with van der Waals surface area (Å²) in [6.45, 7) is 4.75. The molecule has 12 rings (SSSR count). The summed E-state index contributed by atoms with van der Waals surface area (Å²) in [6, 6.07) is 69.9. The Hall–Kier alpha value is -7.01. The fourth-order valence-electron chi connectivity index (χ4n) is 10.1. The first-order chi connectivity index (χ1) is 29.5. The van der Waals surface area contributed by atoms with E-state index < -0.39 is 5.41 Å². The summed E-state index contributed by atoms with van der Waals surface area (Å²) < 4.78 is 6.42. The molecule has 3 heterocycles. The minimum atomic E-state index is -0.521. The van der Waals surface area contributed by atoms with Crippen LogP contribution in [0.1, 0.15) is 47.2 Å². The lowest BCUT2D eigenvalue weighted by atomic mass is 9.54. The van der Waals surface area contributed by atoms with Gasteiger partial charge in [0.2, 0.25) is 0 Å². The van der Waals surface area contributed by atoms with Gasteiger partial charge in [-0.05, 0) is 57.1 Å². The van der Waals surface area contributed by atoms with E-state index in [4.69, 9.17) is 14.4 Å². The van der Waals surface area contributed by atoms with Crippen molar-refractivity contribution in [2.24, 2.45) is 0 Å². The molecule has 0 atom stereocenters. The Morgan fingerprint density at radius 2 is 1.00 bits per heavy atom. The van der Waals surface area contributed by atoms with Crippen LogP contribution in [0, 0.1) is 0 Å². The Morgan fingerprint density at radius 3 is 1.77 bits per heavy atom. The summed E-state index contributed by atoms with van der Waals surface area (Å²) in [4.78, 5) is 13.1. The van der Waals surface area contributed by atoms with Crippen LogP contribution in [0.5, 0.6) is 0 Å². The van der Waals surface area contributed by atoms with Crippen molar-refractivity contribution in [3.05, 3.63) is 228 Å². The van der Waals surface area contributed by atoms with Gasteiger partial charge in [-0.25, -0.2) is 9.97 Å². The number of hydrogen-bond donors (Lipinski definition) is 0. The van der Waals surface area contributed by atoms with Crippen molar-refractivity contribution in [1.82, 2.24) is 9.97 Å². The normalized spacial score (nSPS) is 14.4. The topological polar surface area (TPSA) is 38.9 Å². The van der Waals surface area contributed by atoms with Crippen molar-refractivity contribution in [2.45, 2.75) is 34.5 Å². The highest BCUT2D eigenvalue weighted by Crippen LogP contribution is 2.62. The second-order valence-corrected chi connectivity index (χ2v) is 17.5. The van der Waals surface area contributed by atoms with E-state index in [-0.39, 0.29) is 5.41 Å². The molecule has 0 fully saturated rings. The van der Waals surface area contributed by atoms with E-state index in [2.05, 4.69) is 190 Å². The minimum absolute atomic E-state index is 0.171. The third-order valence-electron chi connectivity index (χ3n) is 12.9. The largest absolute Gasteiger partial charge is 0.455 e. The molecule has 0 N–H and O–H groups in total. The molecule has 60 heavy (non-hydrogen) atoms. The molecule has 2 aromatic heterocycles. The molecule has 2 aliphatic rings. The smallest absolute Gasteiger partial charge is 0.160 e. The highest BCUT2D eigenvalue weighted by Gasteiger charge is 2.52. The Kier molecular flexibility index (Phi) is 7.73. The van der Waals surface area contributed by atoms with Gasteiger partial charge in [0, 0.05) is 48.2 Å². The summed E-state index contributed by atoms with van der Waals surface area (Å²) in [5, 5.41) is 2.25. The SMILES string of the molecule is CC1(C)c2ccccc2C2(c3ccccc3Sc3c(-c4cc(-c5ccc(-c6cccc7c6oc6ccccc67)cc5)nc(-c5ccccc5)n4)cccc32)c2ccccc21. The molecule has 8 aromatic carbocycles. The minimum Gasteiger partial charge on any atom is -0.455 e. The molecule has 0 saturated heterocycles. The van der Waals surface area contributed by atoms with Gasteiger partial charge in [-0.15, -0.1) is 0 Å². The van der Waals surface area contributed by atoms with Crippen molar-refractivity contribution >= 4 is 33.7 Å². The maximum Gasteiger partial charge on any atom is 0.160 e. The van der Waals surface area contributed by atoms with Crippen LogP contribution in [0.25, 0.3) is 67.0 Å². The Bertz CT molecular complexity index is 3280. The van der Waals surface area contributed by atoms with E-state index in [1.54, 1.807) is 0 Å². The van der Waals surface area contributed by atoms with Crippen molar-refractivity contribution in [3.8, 4) is 45.0 Å². The first kappa shape index (κ1) is 35.0. The van der Waals surface area contributed by atoms with E-state index in [0.717, 1.165) is 61.1 Å². The van der Waals surface area contributed by atoms with Crippen LogP contribution in [0.3, 0.4) is 0 Å². The number of benzene rings is 8. The van der Waals surface area contributed by atoms with E-state index in [1.807, 2.05) is 30.0 Å². The fourth-order valence-corrected chi connectivity index (χ4v) is 11.4. The molecular weight excluding hydrogens is 749 g/mol. The molecule has 3 nitrogen and oxygen atoms in total. The van der Waals surface area contributed by atoms with Gasteiger partial charge in [0.25, 0.3) is 0 Å². The van der Waals surface area contributed by atoms with Crippen LogP contribution in [-0.2, 0) is 10.8 Å². The predicted octanol–water partition coefficient (Wildman–Crippen LogP) is 14.5. The number of para-hydroxylation sites is 2. The van der Waals surface area contributed by atoms with E-state index in [0.29, 0.717) is 5.82 Å². The summed E-state index contributed by atoms with van der Waals surface area (Å²) >= 11 is 1.86. The lowest BCUT2D eigenvalue weighted by molar-refractivity contribution is 0.549. The molecule has 1 spiro atoms. The number of rotatable bonds is 4. The van der Waals surface area contributed by atoms with E-state index in [1.165, 1.54) is 43.2 Å². The fraction of sp³-hybridized carbons (Fsp3) is 0.0714. The van der Waals surface area contributed by atoms with Gasteiger partial charge in [0.1, 0.15) is 11.2 Å². The zero-order valence-electron chi connectivity index (χ0n) is 33.2. The molecule has 4 heteroatoms. The van der Waals surface area contributed by atoms with Gasteiger partial charge in [0.05, 0.1) is 16.8 Å². The average Bonchev–Trinajstić information content (AvgIpc) is 3.70. The van der Waals surface area contributed by atoms with Crippen molar-refractivity contribution in [2.75, 3.05) is 0 Å². The molecule has 0 unspecified atom stereocenters. The number of aromatic nitrogens is 2. The Morgan fingerprint density at radius 1 is 0.433 bits per heavy atom. The van der Waals surface area contributed by atoms with E-state index >= 15 is 0 Å². The van der Waals surface area contributed by atoms with Crippen LogP contribution in [-0.4, -0.2) is 9.97 Å². The van der Waals surface area contributed by atoms with Crippen molar-refractivity contribution < 1.29 is 4.42 Å². The highest BCUT2D eigenvalue weighted by atomic mass is 32.2. The second-order valence-electron chi connectivity index (χ2n) is 16.4. The standard InChI is InChI=1S/C56H38N2OS/c1-55(2)42-22-7-9-24-44(42)56(45-25-10-8-23-43(45)55)46-26-11-13-29-51(46)60-53-41(21-15-27-47(53)56)49-34-48(57-54(58-49)37-16-4-3-5-17-37)36-32-30-35(31-33-36)38-19-14-20-40-39-18-6-12-28-50(39)59-52(38)40/h3-34H,1-2H3. The zero-order chi connectivity index (χ0) is 40.0. The Labute approximate surface area is 353 Å². The van der Waals surface area contributed by atoms with E-state index in [9.17, 15) is 0 Å². The third-order valence-corrected chi connectivity index (χ3v) is 14.1. The lowest BCUT2D eigenvalue weighted by Crippen LogP contribution is -2.43. The highest BCUT2D eigenvalue weighted by molar-refractivity contribution is 7.99. The maximum atomic E-state index is 6.42. The third kappa shape index (κ3) is 5.04. The predicted molar refractivity (Wildman–Crippen MR) is 246 cm³/mol. The lowest BCUT2D eigenvalue weighted by Gasteiger charge is -2.50. The number of hydrogen-bond acceptors (Lipinski definition) is 4. The average molecular weight is 787 g/mol. The number of furan rings is 1. The monoisotopic (exact) mass is 786 g/mol. The molecule has 0 radical (unpaired) electrons. The first-order valence-corrected chi connectivity index (χ1v) is 21.4. The molecular formula is C56H38N2OS. The summed E-state index contributed by atoms with van der Waals surface area (Å²) in [6.07, 6.45) is 0. The Balaban J connectivity index is 1.06. The van der Waals surface area contributed by atoms with Crippen LogP contribution in [0.4, 0.5) is 0 Å². The molecule has 1 aliphatic heterocycles. The second kappa shape index (κ2) is 13.3. The quantitative estimate of drug-likeness (QED) is 0.178. The molecule has 1 aliphatic carbocycles. The van der Waals surface area contributed by atoms with Gasteiger partial charge < -0.3 is 4.42 Å². The van der Waals surface area contributed by atoms with Crippen LogP contribution in [0.2, 0.25) is 0 Å². The van der Waals surface area contributed by atoms with Crippen LogP contribution >= 0.6 is 11.8 Å². The van der Waals surface area contributed by atoms with Crippen molar-refractivity contribution in [3.63, 3.8) is 0 Å².